The molecule has 2 heterocycles. The van der Waals surface area contributed by atoms with E-state index in [1.807, 2.05) is 22.8 Å². The summed E-state index contributed by atoms with van der Waals surface area (Å²) in [6.07, 6.45) is 2.14. The van der Waals surface area contributed by atoms with E-state index in [0.29, 0.717) is 18.5 Å². The van der Waals surface area contributed by atoms with E-state index in [-0.39, 0.29) is 49.2 Å². The van der Waals surface area contributed by atoms with Crippen molar-refractivity contribution in [3.63, 3.8) is 0 Å². The van der Waals surface area contributed by atoms with E-state index in [1.165, 1.54) is 7.11 Å². The second-order valence-corrected chi connectivity index (χ2v) is 5.22. The summed E-state index contributed by atoms with van der Waals surface area (Å²) < 4.78 is 6.58. The van der Waals surface area contributed by atoms with Gasteiger partial charge in [0.15, 0.2) is 5.78 Å². The zero-order valence-electron chi connectivity index (χ0n) is 13.1. The number of nitrogens with one attached hydrogen (secondary N) is 1. The van der Waals surface area contributed by atoms with Crippen LogP contribution in [0.4, 0.5) is 0 Å². The lowest BCUT2D eigenvalue weighted by Gasteiger charge is -2.22. The second kappa shape index (κ2) is 8.82. The Balaban J connectivity index is 0.00000144. The molecule has 1 aromatic carbocycles. The summed E-state index contributed by atoms with van der Waals surface area (Å²) in [5.41, 5.74) is 2.47. The maximum Gasteiger partial charge on any atom is 0.323 e. The van der Waals surface area contributed by atoms with Crippen LogP contribution in [0.1, 0.15) is 21.7 Å². The van der Waals surface area contributed by atoms with Gasteiger partial charge in [0.1, 0.15) is 6.04 Å². The number of rotatable bonds is 4. The van der Waals surface area contributed by atoms with E-state index in [4.69, 9.17) is 4.74 Å². The first-order valence-electron chi connectivity index (χ1n) is 7.11. The first-order chi connectivity index (χ1) is 10.7. The summed E-state index contributed by atoms with van der Waals surface area (Å²) >= 11 is 0. The first kappa shape index (κ1) is 20.2. The van der Waals surface area contributed by atoms with Crippen LogP contribution in [0.3, 0.4) is 0 Å². The molecule has 0 saturated carbocycles. The maximum atomic E-state index is 12.3. The van der Waals surface area contributed by atoms with Gasteiger partial charge in [-0.15, -0.1) is 24.8 Å². The fourth-order valence-corrected chi connectivity index (χ4v) is 2.62. The lowest BCUT2D eigenvalue weighted by Crippen LogP contribution is -2.43. The van der Waals surface area contributed by atoms with Crippen LogP contribution < -0.4 is 5.32 Å². The number of aromatic nitrogens is 2. The summed E-state index contributed by atoms with van der Waals surface area (Å²) in [5.74, 6) is -0.253. The van der Waals surface area contributed by atoms with Crippen LogP contribution in [0, 0.1) is 0 Å². The van der Waals surface area contributed by atoms with Crippen LogP contribution >= 0.6 is 24.8 Å². The second-order valence-electron chi connectivity index (χ2n) is 5.22. The van der Waals surface area contributed by atoms with E-state index >= 15 is 0 Å². The van der Waals surface area contributed by atoms with Crippen molar-refractivity contribution in [2.45, 2.75) is 25.6 Å². The van der Waals surface area contributed by atoms with Crippen LogP contribution in [0.15, 0.2) is 36.7 Å². The van der Waals surface area contributed by atoms with Crippen molar-refractivity contribution in [3.8, 4) is 0 Å². The van der Waals surface area contributed by atoms with Gasteiger partial charge in [0.25, 0.3) is 0 Å². The van der Waals surface area contributed by atoms with Crippen LogP contribution in [0.25, 0.3) is 0 Å². The molecule has 0 saturated heterocycles. The van der Waals surface area contributed by atoms with E-state index in [2.05, 4.69) is 10.3 Å². The minimum Gasteiger partial charge on any atom is -0.468 e. The molecule has 8 heteroatoms. The van der Waals surface area contributed by atoms with Crippen LogP contribution in [-0.4, -0.2) is 34.5 Å². The van der Waals surface area contributed by atoms with Crippen LogP contribution in [0.2, 0.25) is 0 Å². The third-order valence-corrected chi connectivity index (χ3v) is 3.84. The number of halogens is 2. The van der Waals surface area contributed by atoms with E-state index < -0.39 is 0 Å². The highest BCUT2D eigenvalue weighted by molar-refractivity contribution is 5.95. The summed E-state index contributed by atoms with van der Waals surface area (Å²) in [5, 5.41) is 3.12. The molecule has 1 N–H and O–H groups in total. The Morgan fingerprint density at radius 2 is 2.00 bits per heavy atom. The number of hydrogen-bond donors (Lipinski definition) is 1. The zero-order valence-corrected chi connectivity index (χ0v) is 14.7. The van der Waals surface area contributed by atoms with Crippen LogP contribution in [-0.2, 0) is 29.0 Å². The SMILES string of the molecule is COC(=O)C1Cc2ncn(CC(=O)c3ccccc3)c2CN1.Cl.Cl. The number of methoxy groups -OCH3 is 1. The molecule has 130 valence electrons. The average molecular weight is 372 g/mol. The minimum absolute atomic E-state index is 0. The van der Waals surface area contributed by atoms with Gasteiger partial charge in [-0.25, -0.2) is 4.98 Å². The minimum atomic E-state index is -0.370. The Labute approximate surface area is 152 Å². The summed E-state index contributed by atoms with van der Waals surface area (Å²) in [4.78, 5) is 28.2. The largest absolute Gasteiger partial charge is 0.468 e. The van der Waals surface area contributed by atoms with Gasteiger partial charge in [0.2, 0.25) is 0 Å². The summed E-state index contributed by atoms with van der Waals surface area (Å²) in [6.45, 7) is 0.744. The summed E-state index contributed by atoms with van der Waals surface area (Å²) in [6, 6.07) is 8.81. The van der Waals surface area contributed by atoms with Gasteiger partial charge in [-0.3, -0.25) is 14.9 Å². The molecule has 0 spiro atoms. The van der Waals surface area contributed by atoms with E-state index in [9.17, 15) is 9.59 Å². The van der Waals surface area contributed by atoms with E-state index in [1.54, 1.807) is 18.5 Å². The van der Waals surface area contributed by atoms with Crippen molar-refractivity contribution in [1.29, 1.82) is 0 Å². The maximum absolute atomic E-state index is 12.3. The lowest BCUT2D eigenvalue weighted by atomic mass is 10.1. The predicted octanol–water partition coefficient (Wildman–Crippen LogP) is 1.80. The number of carbonyl (C=O) groups is 2. The average Bonchev–Trinajstić information content (AvgIpc) is 2.97. The highest BCUT2D eigenvalue weighted by Crippen LogP contribution is 2.17. The molecule has 0 amide bonds. The predicted molar refractivity (Wildman–Crippen MR) is 93.8 cm³/mol. The van der Waals surface area contributed by atoms with Crippen molar-refractivity contribution in [2.24, 2.45) is 0 Å². The molecule has 1 unspecified atom stereocenters. The number of imidazole rings is 1. The number of Topliss-reactive ketones (excluding diaryl/α,β-unsaturated/α-hetero) is 1. The van der Waals surface area contributed by atoms with Crippen molar-refractivity contribution in [1.82, 2.24) is 14.9 Å². The third-order valence-electron chi connectivity index (χ3n) is 3.84. The van der Waals surface area contributed by atoms with Crippen LogP contribution in [0.5, 0.6) is 0 Å². The molecule has 0 bridgehead atoms. The van der Waals surface area contributed by atoms with Gasteiger partial charge in [0, 0.05) is 18.5 Å². The normalized spacial score (nSPS) is 15.5. The molecule has 2 aromatic rings. The van der Waals surface area contributed by atoms with Gasteiger partial charge < -0.3 is 9.30 Å². The lowest BCUT2D eigenvalue weighted by molar-refractivity contribution is -0.143. The quantitative estimate of drug-likeness (QED) is 0.655. The van der Waals surface area contributed by atoms with Gasteiger partial charge in [0.05, 0.1) is 31.4 Å². The number of nitrogens with zero attached hydrogens (tertiary/aromatic N) is 2. The Hall–Kier alpha value is -1.89. The van der Waals surface area contributed by atoms with Gasteiger partial charge in [-0.1, -0.05) is 30.3 Å². The Kier molecular flexibility index (Phi) is 7.41. The Bertz CT molecular complexity index is 704. The number of carbonyl (C=O) groups excluding carboxylic acids is 2. The molecular formula is C16H19Cl2N3O3. The highest BCUT2D eigenvalue weighted by atomic mass is 35.5. The molecule has 24 heavy (non-hydrogen) atoms. The molecule has 0 radical (unpaired) electrons. The number of esters is 1. The van der Waals surface area contributed by atoms with E-state index in [0.717, 1.165) is 11.4 Å². The summed E-state index contributed by atoms with van der Waals surface area (Å²) in [7, 11) is 1.37. The highest BCUT2D eigenvalue weighted by Gasteiger charge is 2.28. The van der Waals surface area contributed by atoms with Gasteiger partial charge in [-0.05, 0) is 0 Å². The standard InChI is InChI=1S/C16H17N3O3.2ClH/c1-22-16(21)13-7-12-14(8-17-13)19(10-18-12)9-15(20)11-5-3-2-4-6-11;;/h2-6,10,13,17H,7-9H2,1H3;2*1H. The smallest absolute Gasteiger partial charge is 0.323 e. The molecule has 1 aliphatic rings. The van der Waals surface area contributed by atoms with Crippen molar-refractivity contribution in [3.05, 3.63) is 53.6 Å². The van der Waals surface area contributed by atoms with Gasteiger partial charge >= 0.3 is 5.97 Å². The number of ketones is 1. The first-order valence-corrected chi connectivity index (χ1v) is 7.11. The molecule has 1 aliphatic heterocycles. The number of hydrogen-bond acceptors (Lipinski definition) is 5. The zero-order chi connectivity index (χ0) is 15.5. The Morgan fingerprint density at radius 1 is 1.29 bits per heavy atom. The van der Waals surface area contributed by atoms with Crippen molar-refractivity contribution >= 4 is 36.6 Å². The molecule has 6 nitrogen and oxygen atoms in total. The molecule has 0 fully saturated rings. The topological polar surface area (TPSA) is 73.2 Å². The number of fused-ring (bicyclic) bond motifs is 1. The van der Waals surface area contributed by atoms with Gasteiger partial charge in [-0.2, -0.15) is 0 Å². The number of ether oxygens (including phenoxy) is 1. The molecule has 1 atom stereocenters. The molecule has 1 aromatic heterocycles. The van der Waals surface area contributed by atoms with Crippen molar-refractivity contribution in [2.75, 3.05) is 7.11 Å². The molecular weight excluding hydrogens is 353 g/mol. The molecule has 3 rings (SSSR count). The third kappa shape index (κ3) is 4.14. The fourth-order valence-electron chi connectivity index (χ4n) is 2.62. The number of benzene rings is 1. The van der Waals surface area contributed by atoms with Crippen molar-refractivity contribution < 1.29 is 14.3 Å². The monoisotopic (exact) mass is 371 g/mol. The molecule has 0 aliphatic carbocycles. The fraction of sp³-hybridized carbons (Fsp3) is 0.312. The Morgan fingerprint density at radius 3 is 2.67 bits per heavy atom.